The minimum atomic E-state index is -0.0690. The molecule has 2 aromatic carbocycles. The van der Waals surface area contributed by atoms with Crippen molar-refractivity contribution >= 4 is 5.91 Å². The average Bonchev–Trinajstić information content (AvgIpc) is 2.67. The zero-order valence-corrected chi connectivity index (χ0v) is 14.6. The topological polar surface area (TPSA) is 42.0 Å². The zero-order valence-electron chi connectivity index (χ0n) is 14.6. The average molecular weight is 330 g/mol. The van der Waals surface area contributed by atoms with Crippen molar-refractivity contribution in [3.8, 4) is 11.3 Å². The minimum Gasteiger partial charge on any atom is -0.348 e. The van der Waals surface area contributed by atoms with Crippen molar-refractivity contribution in [2.45, 2.75) is 26.3 Å². The van der Waals surface area contributed by atoms with E-state index in [1.54, 1.807) is 6.20 Å². The second-order valence-electron chi connectivity index (χ2n) is 6.37. The van der Waals surface area contributed by atoms with E-state index in [4.69, 9.17) is 0 Å². The number of hydrogen-bond donors (Lipinski definition) is 1. The molecule has 1 N–H and O–H groups in total. The van der Waals surface area contributed by atoms with Crippen molar-refractivity contribution in [2.24, 2.45) is 0 Å². The van der Waals surface area contributed by atoms with Crippen molar-refractivity contribution in [1.82, 2.24) is 10.3 Å². The van der Waals surface area contributed by atoms with Crippen molar-refractivity contribution in [1.29, 1.82) is 0 Å². The van der Waals surface area contributed by atoms with Crippen molar-refractivity contribution < 1.29 is 4.79 Å². The highest BCUT2D eigenvalue weighted by atomic mass is 16.1. The third-order valence-corrected chi connectivity index (χ3v) is 4.21. The first-order chi connectivity index (χ1) is 12.1. The number of rotatable bonds is 5. The van der Waals surface area contributed by atoms with Gasteiger partial charge in [-0.2, -0.15) is 0 Å². The van der Waals surface area contributed by atoms with Gasteiger partial charge in [0.2, 0.25) is 0 Å². The Morgan fingerprint density at radius 1 is 0.960 bits per heavy atom. The van der Waals surface area contributed by atoms with Gasteiger partial charge in [0.1, 0.15) is 0 Å². The van der Waals surface area contributed by atoms with Crippen LogP contribution < -0.4 is 5.32 Å². The fraction of sp³-hybridized carbons (Fsp3) is 0.182. The Kier molecular flexibility index (Phi) is 5.24. The molecule has 3 nitrogen and oxygen atoms in total. The molecule has 25 heavy (non-hydrogen) atoms. The number of amides is 1. The van der Waals surface area contributed by atoms with Crippen LogP contribution in [0.5, 0.6) is 0 Å². The second-order valence-corrected chi connectivity index (χ2v) is 6.37. The maximum atomic E-state index is 12.3. The van der Waals surface area contributed by atoms with Crippen molar-refractivity contribution in [3.05, 3.63) is 89.6 Å². The Labute approximate surface area is 148 Å². The standard InChI is InChI=1S/C22H22N2O/c1-16(2)18-8-6-17(7-9-18)15-24-22(25)20-12-10-19(11-13-20)21-5-3-4-14-23-21/h3-14,16H,15H2,1-2H3,(H,24,25). The van der Waals surface area contributed by atoms with Gasteiger partial charge in [-0.05, 0) is 41.3 Å². The molecule has 3 aromatic rings. The SMILES string of the molecule is CC(C)c1ccc(CNC(=O)c2ccc(-c3ccccn3)cc2)cc1. The summed E-state index contributed by atoms with van der Waals surface area (Å²) in [4.78, 5) is 16.6. The first kappa shape index (κ1) is 16.9. The predicted octanol–water partition coefficient (Wildman–Crippen LogP) is 4.80. The van der Waals surface area contributed by atoms with Crippen molar-refractivity contribution in [2.75, 3.05) is 0 Å². The number of pyridine rings is 1. The van der Waals surface area contributed by atoms with Gasteiger partial charge in [-0.3, -0.25) is 9.78 Å². The Hall–Kier alpha value is -2.94. The number of aromatic nitrogens is 1. The number of benzene rings is 2. The number of carbonyl (C=O) groups is 1. The van der Waals surface area contributed by atoms with Crippen LogP contribution in [-0.2, 0) is 6.54 Å². The molecular weight excluding hydrogens is 308 g/mol. The number of carbonyl (C=O) groups excluding carboxylic acids is 1. The van der Waals surface area contributed by atoms with Gasteiger partial charge in [-0.25, -0.2) is 0 Å². The Bertz CT molecular complexity index is 822. The van der Waals surface area contributed by atoms with Crippen LogP contribution in [0, 0.1) is 0 Å². The van der Waals surface area contributed by atoms with Crippen molar-refractivity contribution in [3.63, 3.8) is 0 Å². The van der Waals surface area contributed by atoms with Gasteiger partial charge in [0, 0.05) is 23.9 Å². The molecule has 1 aromatic heterocycles. The molecule has 0 saturated carbocycles. The molecule has 3 heteroatoms. The summed E-state index contributed by atoms with van der Waals surface area (Å²) in [7, 11) is 0. The maximum Gasteiger partial charge on any atom is 0.251 e. The molecule has 1 amide bonds. The van der Waals surface area contributed by atoms with Gasteiger partial charge >= 0.3 is 0 Å². The van der Waals surface area contributed by atoms with Gasteiger partial charge in [0.25, 0.3) is 5.91 Å². The van der Waals surface area contributed by atoms with Gasteiger partial charge in [0.05, 0.1) is 5.69 Å². The lowest BCUT2D eigenvalue weighted by Gasteiger charge is -2.09. The van der Waals surface area contributed by atoms with E-state index < -0.39 is 0 Å². The number of nitrogens with one attached hydrogen (secondary N) is 1. The largest absolute Gasteiger partial charge is 0.348 e. The smallest absolute Gasteiger partial charge is 0.251 e. The van der Waals surface area contributed by atoms with E-state index in [0.29, 0.717) is 18.0 Å². The zero-order chi connectivity index (χ0) is 17.6. The molecule has 0 aliphatic heterocycles. The normalized spacial score (nSPS) is 10.7. The summed E-state index contributed by atoms with van der Waals surface area (Å²) in [5.41, 5.74) is 4.96. The molecule has 1 heterocycles. The van der Waals surface area contributed by atoms with E-state index >= 15 is 0 Å². The molecule has 0 unspecified atom stereocenters. The van der Waals surface area contributed by atoms with E-state index in [0.717, 1.165) is 16.8 Å². The van der Waals surface area contributed by atoms with Gasteiger partial charge in [0.15, 0.2) is 0 Å². The van der Waals surface area contributed by atoms with E-state index in [9.17, 15) is 4.79 Å². The maximum absolute atomic E-state index is 12.3. The summed E-state index contributed by atoms with van der Waals surface area (Å²) in [5, 5.41) is 2.97. The first-order valence-corrected chi connectivity index (χ1v) is 8.52. The number of nitrogens with zero attached hydrogens (tertiary/aromatic N) is 1. The fourth-order valence-corrected chi connectivity index (χ4v) is 2.63. The summed E-state index contributed by atoms with van der Waals surface area (Å²) in [6.07, 6.45) is 1.76. The summed E-state index contributed by atoms with van der Waals surface area (Å²) in [6.45, 7) is 4.87. The predicted molar refractivity (Wildman–Crippen MR) is 101 cm³/mol. The van der Waals surface area contributed by atoms with Crippen LogP contribution in [0.25, 0.3) is 11.3 Å². The van der Waals surface area contributed by atoms with Crippen LogP contribution in [0.2, 0.25) is 0 Å². The van der Waals surface area contributed by atoms with Crippen LogP contribution in [0.3, 0.4) is 0 Å². The van der Waals surface area contributed by atoms with Crippen LogP contribution in [0.4, 0.5) is 0 Å². The lowest BCUT2D eigenvalue weighted by Crippen LogP contribution is -2.22. The van der Waals surface area contributed by atoms with E-state index in [2.05, 4.69) is 48.4 Å². The molecule has 0 radical (unpaired) electrons. The molecule has 0 spiro atoms. The van der Waals surface area contributed by atoms with Crippen LogP contribution >= 0.6 is 0 Å². The van der Waals surface area contributed by atoms with Crippen LogP contribution in [0.1, 0.15) is 41.3 Å². The molecule has 0 aliphatic rings. The summed E-state index contributed by atoms with van der Waals surface area (Å²) in [6, 6.07) is 21.7. The summed E-state index contributed by atoms with van der Waals surface area (Å²) < 4.78 is 0. The number of hydrogen-bond acceptors (Lipinski definition) is 2. The molecule has 0 saturated heterocycles. The Balaban J connectivity index is 1.61. The minimum absolute atomic E-state index is 0.0690. The highest BCUT2D eigenvalue weighted by Gasteiger charge is 2.06. The van der Waals surface area contributed by atoms with Crippen LogP contribution in [-0.4, -0.2) is 10.9 Å². The Morgan fingerprint density at radius 3 is 2.28 bits per heavy atom. The first-order valence-electron chi connectivity index (χ1n) is 8.52. The summed E-state index contributed by atoms with van der Waals surface area (Å²) in [5.74, 6) is 0.446. The third kappa shape index (κ3) is 4.32. The monoisotopic (exact) mass is 330 g/mol. The van der Waals surface area contributed by atoms with Crippen LogP contribution in [0.15, 0.2) is 72.9 Å². The molecule has 0 atom stereocenters. The lowest BCUT2D eigenvalue weighted by atomic mass is 10.0. The molecule has 126 valence electrons. The quantitative estimate of drug-likeness (QED) is 0.730. The van der Waals surface area contributed by atoms with E-state index in [1.807, 2.05) is 42.5 Å². The molecule has 3 rings (SSSR count). The summed E-state index contributed by atoms with van der Waals surface area (Å²) >= 11 is 0. The van der Waals surface area contributed by atoms with E-state index in [-0.39, 0.29) is 5.91 Å². The molecule has 0 bridgehead atoms. The lowest BCUT2D eigenvalue weighted by molar-refractivity contribution is 0.0951. The highest BCUT2D eigenvalue weighted by Crippen LogP contribution is 2.17. The highest BCUT2D eigenvalue weighted by molar-refractivity contribution is 5.94. The second kappa shape index (κ2) is 7.75. The fourth-order valence-electron chi connectivity index (χ4n) is 2.63. The van der Waals surface area contributed by atoms with Gasteiger partial charge in [-0.15, -0.1) is 0 Å². The molecule has 0 aliphatic carbocycles. The molecule has 0 fully saturated rings. The Morgan fingerprint density at radius 2 is 1.68 bits per heavy atom. The third-order valence-electron chi connectivity index (χ3n) is 4.21. The van der Waals surface area contributed by atoms with Gasteiger partial charge in [-0.1, -0.05) is 56.3 Å². The van der Waals surface area contributed by atoms with Gasteiger partial charge < -0.3 is 5.32 Å². The van der Waals surface area contributed by atoms with E-state index in [1.165, 1.54) is 5.56 Å². The molecular formula is C22H22N2O.